The molecule has 2 N–H and O–H groups in total. The summed E-state index contributed by atoms with van der Waals surface area (Å²) in [6.07, 6.45) is 0. The summed E-state index contributed by atoms with van der Waals surface area (Å²) in [7, 11) is 1.55. The van der Waals surface area contributed by atoms with Gasteiger partial charge < -0.3 is 15.4 Å². The van der Waals surface area contributed by atoms with Gasteiger partial charge in [0, 0.05) is 16.3 Å². The first-order valence-electron chi connectivity index (χ1n) is 11.0. The maximum atomic E-state index is 13.7. The minimum Gasteiger partial charge on any atom is -0.495 e. The Morgan fingerprint density at radius 3 is 2.58 bits per heavy atom. The standard InChI is InChI=1S/C26H20Cl3N5O2/c1-14-22(25(35)31-20-8-3-4-9-21(20)36-2)23(15-10-11-18(28)19(29)13-15)34-26(30-14)32-24(33-34)16-6-5-7-17(27)12-16/h3-13,23H,1-2H3,(H,31,35)(H,30,32,33). The van der Waals surface area contributed by atoms with E-state index in [9.17, 15) is 4.79 Å². The van der Waals surface area contributed by atoms with Crippen molar-refractivity contribution in [1.29, 1.82) is 0 Å². The van der Waals surface area contributed by atoms with E-state index in [2.05, 4.69) is 15.6 Å². The highest BCUT2D eigenvalue weighted by Gasteiger charge is 2.35. The molecule has 5 rings (SSSR count). The van der Waals surface area contributed by atoms with Crippen molar-refractivity contribution >= 4 is 52.3 Å². The maximum Gasteiger partial charge on any atom is 0.255 e. The molecule has 0 saturated heterocycles. The Hall–Kier alpha value is -3.52. The summed E-state index contributed by atoms with van der Waals surface area (Å²) in [6.45, 7) is 1.82. The zero-order valence-corrected chi connectivity index (χ0v) is 21.5. The number of halogens is 3. The highest BCUT2D eigenvalue weighted by atomic mass is 35.5. The Morgan fingerprint density at radius 2 is 1.83 bits per heavy atom. The van der Waals surface area contributed by atoms with E-state index in [-0.39, 0.29) is 5.91 Å². The summed E-state index contributed by atoms with van der Waals surface area (Å²) in [6, 6.07) is 19.1. The Balaban J connectivity index is 1.62. The number of benzene rings is 3. The fraction of sp³-hybridized carbons (Fsp3) is 0.115. The van der Waals surface area contributed by atoms with Crippen LogP contribution in [0.15, 0.2) is 78.0 Å². The number of nitrogens with zero attached hydrogens (tertiary/aromatic N) is 3. The van der Waals surface area contributed by atoms with Crippen LogP contribution in [0, 0.1) is 0 Å². The number of hydrogen-bond acceptors (Lipinski definition) is 5. The molecule has 1 atom stereocenters. The maximum absolute atomic E-state index is 13.7. The Bertz CT molecular complexity index is 1520. The molecule has 0 saturated carbocycles. The summed E-state index contributed by atoms with van der Waals surface area (Å²) < 4.78 is 7.07. The fourth-order valence-corrected chi connectivity index (χ4v) is 4.62. The molecule has 7 nitrogen and oxygen atoms in total. The van der Waals surface area contributed by atoms with E-state index in [1.54, 1.807) is 48.2 Å². The number of fused-ring (bicyclic) bond motifs is 1. The van der Waals surface area contributed by atoms with Gasteiger partial charge in [0.15, 0.2) is 5.82 Å². The van der Waals surface area contributed by atoms with E-state index in [1.165, 1.54) is 0 Å². The average Bonchev–Trinajstić information content (AvgIpc) is 3.29. The van der Waals surface area contributed by atoms with E-state index < -0.39 is 6.04 Å². The molecule has 182 valence electrons. The molecular weight excluding hydrogens is 521 g/mol. The predicted octanol–water partition coefficient (Wildman–Crippen LogP) is 6.84. The fourth-order valence-electron chi connectivity index (χ4n) is 4.12. The van der Waals surface area contributed by atoms with E-state index in [0.29, 0.717) is 49.5 Å². The summed E-state index contributed by atoms with van der Waals surface area (Å²) >= 11 is 18.8. The van der Waals surface area contributed by atoms with Crippen molar-refractivity contribution in [2.24, 2.45) is 0 Å². The van der Waals surface area contributed by atoms with Gasteiger partial charge in [0.2, 0.25) is 5.95 Å². The molecule has 36 heavy (non-hydrogen) atoms. The number of carbonyl (C=O) groups is 1. The number of para-hydroxylation sites is 2. The Morgan fingerprint density at radius 1 is 1.03 bits per heavy atom. The summed E-state index contributed by atoms with van der Waals surface area (Å²) in [4.78, 5) is 18.4. The molecule has 10 heteroatoms. The van der Waals surface area contributed by atoms with Gasteiger partial charge in [-0.1, -0.05) is 65.1 Å². The second kappa shape index (κ2) is 9.85. The van der Waals surface area contributed by atoms with Crippen LogP contribution in [0.2, 0.25) is 15.1 Å². The summed E-state index contributed by atoms with van der Waals surface area (Å²) in [5.74, 6) is 1.16. The summed E-state index contributed by atoms with van der Waals surface area (Å²) in [5, 5.41) is 12.3. The van der Waals surface area contributed by atoms with Crippen LogP contribution < -0.4 is 15.4 Å². The Kier molecular flexibility index (Phi) is 6.62. The van der Waals surface area contributed by atoms with E-state index in [1.807, 2.05) is 37.3 Å². The minimum atomic E-state index is -0.633. The molecule has 1 amide bonds. The van der Waals surface area contributed by atoms with Crippen LogP contribution in [-0.4, -0.2) is 27.8 Å². The molecule has 1 aliphatic rings. The lowest BCUT2D eigenvalue weighted by Crippen LogP contribution is -2.31. The molecule has 0 bridgehead atoms. The van der Waals surface area contributed by atoms with Crippen LogP contribution in [0.5, 0.6) is 5.75 Å². The molecular formula is C26H20Cl3N5O2. The van der Waals surface area contributed by atoms with Gasteiger partial charge in [0.1, 0.15) is 11.8 Å². The van der Waals surface area contributed by atoms with Gasteiger partial charge in [0.25, 0.3) is 5.91 Å². The first-order chi connectivity index (χ1) is 17.4. The van der Waals surface area contributed by atoms with Crippen LogP contribution in [-0.2, 0) is 4.79 Å². The lowest BCUT2D eigenvalue weighted by atomic mass is 9.95. The average molecular weight is 541 g/mol. The van der Waals surface area contributed by atoms with Gasteiger partial charge in [-0.2, -0.15) is 4.98 Å². The number of amides is 1. The number of methoxy groups -OCH3 is 1. The number of ether oxygens (including phenoxy) is 1. The SMILES string of the molecule is COc1ccccc1NC(=O)C1=C(C)Nc2nc(-c3cccc(Cl)c3)nn2C1c1ccc(Cl)c(Cl)c1. The van der Waals surface area contributed by atoms with Crippen LogP contribution in [0.3, 0.4) is 0 Å². The molecule has 1 aromatic heterocycles. The van der Waals surface area contributed by atoms with Gasteiger partial charge in [-0.15, -0.1) is 5.10 Å². The number of anilines is 2. The third-order valence-electron chi connectivity index (χ3n) is 5.79. The number of rotatable bonds is 5. The second-order valence-corrected chi connectivity index (χ2v) is 9.36. The number of carbonyl (C=O) groups excluding carboxylic acids is 1. The molecule has 0 aliphatic carbocycles. The van der Waals surface area contributed by atoms with Crippen molar-refractivity contribution in [1.82, 2.24) is 14.8 Å². The lowest BCUT2D eigenvalue weighted by molar-refractivity contribution is -0.113. The molecule has 2 heterocycles. The highest BCUT2D eigenvalue weighted by Crippen LogP contribution is 2.39. The van der Waals surface area contributed by atoms with Gasteiger partial charge in [-0.05, 0) is 48.9 Å². The molecule has 4 aromatic rings. The number of hydrogen-bond donors (Lipinski definition) is 2. The zero-order chi connectivity index (χ0) is 25.4. The molecule has 0 spiro atoms. The number of allylic oxidation sites excluding steroid dienone is 1. The number of nitrogens with one attached hydrogen (secondary N) is 2. The van der Waals surface area contributed by atoms with Gasteiger partial charge in [0.05, 0.1) is 28.4 Å². The third-order valence-corrected chi connectivity index (χ3v) is 6.77. The van der Waals surface area contributed by atoms with E-state index >= 15 is 0 Å². The highest BCUT2D eigenvalue weighted by molar-refractivity contribution is 6.42. The molecule has 1 unspecified atom stereocenters. The second-order valence-electron chi connectivity index (χ2n) is 8.11. The lowest BCUT2D eigenvalue weighted by Gasteiger charge is -2.29. The zero-order valence-electron chi connectivity index (χ0n) is 19.2. The van der Waals surface area contributed by atoms with Gasteiger partial charge in [-0.3, -0.25) is 4.79 Å². The molecule has 3 aromatic carbocycles. The normalized spacial score (nSPS) is 14.8. The van der Waals surface area contributed by atoms with E-state index in [4.69, 9.17) is 44.6 Å². The molecule has 0 fully saturated rings. The topological polar surface area (TPSA) is 81.1 Å². The number of aromatic nitrogens is 3. The van der Waals surface area contributed by atoms with Crippen molar-refractivity contribution in [3.63, 3.8) is 0 Å². The largest absolute Gasteiger partial charge is 0.495 e. The quantitative estimate of drug-likeness (QED) is 0.290. The molecule has 1 aliphatic heterocycles. The van der Waals surface area contributed by atoms with Crippen molar-refractivity contribution in [3.05, 3.63) is 98.6 Å². The summed E-state index contributed by atoms with van der Waals surface area (Å²) in [5.41, 5.74) is 3.07. The van der Waals surface area contributed by atoms with Crippen LogP contribution >= 0.6 is 34.8 Å². The molecule has 0 radical (unpaired) electrons. The van der Waals surface area contributed by atoms with Crippen molar-refractivity contribution in [2.75, 3.05) is 17.7 Å². The third kappa shape index (κ3) is 4.53. The monoisotopic (exact) mass is 539 g/mol. The first-order valence-corrected chi connectivity index (χ1v) is 12.1. The van der Waals surface area contributed by atoms with Crippen LogP contribution in [0.25, 0.3) is 11.4 Å². The van der Waals surface area contributed by atoms with Crippen molar-refractivity contribution < 1.29 is 9.53 Å². The first kappa shape index (κ1) is 24.2. The predicted molar refractivity (Wildman–Crippen MR) is 143 cm³/mol. The van der Waals surface area contributed by atoms with E-state index in [0.717, 1.165) is 11.1 Å². The Labute approximate surface area is 222 Å². The van der Waals surface area contributed by atoms with Crippen LogP contribution in [0.4, 0.5) is 11.6 Å². The van der Waals surface area contributed by atoms with Crippen molar-refractivity contribution in [3.8, 4) is 17.1 Å². The van der Waals surface area contributed by atoms with Gasteiger partial charge in [-0.25, -0.2) is 4.68 Å². The van der Waals surface area contributed by atoms with Crippen molar-refractivity contribution in [2.45, 2.75) is 13.0 Å². The smallest absolute Gasteiger partial charge is 0.255 e. The minimum absolute atomic E-state index is 0.328. The van der Waals surface area contributed by atoms with Gasteiger partial charge >= 0.3 is 0 Å². The van der Waals surface area contributed by atoms with Crippen LogP contribution in [0.1, 0.15) is 18.5 Å².